The van der Waals surface area contributed by atoms with Crippen LogP contribution in [0, 0.1) is 0 Å². The number of likely N-dealkylation sites (tertiary alicyclic amines) is 1. The fraction of sp³-hybridized carbons (Fsp3) is 0.450. The Kier molecular flexibility index (Phi) is 6.12. The second-order valence-corrected chi connectivity index (χ2v) is 6.33. The maximum absolute atomic E-state index is 12.2. The molecule has 0 radical (unpaired) electrons. The highest BCUT2D eigenvalue weighted by molar-refractivity contribution is 5.77. The van der Waals surface area contributed by atoms with Crippen molar-refractivity contribution in [3.05, 3.63) is 54.0 Å². The van der Waals surface area contributed by atoms with E-state index in [0.29, 0.717) is 6.54 Å². The third-order valence-corrected chi connectivity index (χ3v) is 4.66. The van der Waals surface area contributed by atoms with E-state index in [-0.39, 0.29) is 18.6 Å². The number of para-hydroxylation sites is 1. The molecule has 134 valence electrons. The van der Waals surface area contributed by atoms with Crippen LogP contribution in [0.25, 0.3) is 0 Å². The van der Waals surface area contributed by atoms with Crippen molar-refractivity contribution in [2.45, 2.75) is 32.2 Å². The number of carbonyl (C=O) groups is 1. The minimum Gasteiger partial charge on any atom is -0.483 e. The van der Waals surface area contributed by atoms with Crippen molar-refractivity contribution < 1.29 is 13.9 Å². The number of carbonyl (C=O) groups excluding carboxylic acids is 1. The van der Waals surface area contributed by atoms with Gasteiger partial charge in [-0.2, -0.15) is 0 Å². The Labute approximate surface area is 149 Å². The molecule has 1 fully saturated rings. The predicted octanol–water partition coefficient (Wildman–Crippen LogP) is 3.17. The second kappa shape index (κ2) is 8.72. The van der Waals surface area contributed by atoms with E-state index in [2.05, 4.69) is 17.1 Å². The molecule has 1 aromatic carbocycles. The molecule has 1 N–H and O–H groups in total. The van der Waals surface area contributed by atoms with Gasteiger partial charge in [-0.05, 0) is 56.1 Å². The fourth-order valence-electron chi connectivity index (χ4n) is 3.29. The predicted molar refractivity (Wildman–Crippen MR) is 96.6 cm³/mol. The smallest absolute Gasteiger partial charge is 0.258 e. The summed E-state index contributed by atoms with van der Waals surface area (Å²) in [5.74, 6) is 1.57. The summed E-state index contributed by atoms with van der Waals surface area (Å²) >= 11 is 0. The zero-order chi connectivity index (χ0) is 17.5. The van der Waals surface area contributed by atoms with Gasteiger partial charge in [-0.15, -0.1) is 0 Å². The van der Waals surface area contributed by atoms with Crippen molar-refractivity contribution in [1.82, 2.24) is 10.2 Å². The number of nitrogens with zero attached hydrogens (tertiary/aromatic N) is 1. The lowest BCUT2D eigenvalue weighted by Gasteiger charge is -2.26. The number of benzene rings is 1. The van der Waals surface area contributed by atoms with Crippen molar-refractivity contribution in [3.8, 4) is 5.75 Å². The van der Waals surface area contributed by atoms with Crippen LogP contribution in [0.4, 0.5) is 0 Å². The fourth-order valence-corrected chi connectivity index (χ4v) is 3.29. The Hall–Kier alpha value is -2.27. The molecular formula is C20H26N2O3. The Morgan fingerprint density at radius 3 is 2.76 bits per heavy atom. The highest BCUT2D eigenvalue weighted by atomic mass is 16.5. The van der Waals surface area contributed by atoms with Gasteiger partial charge >= 0.3 is 0 Å². The molecule has 1 saturated heterocycles. The van der Waals surface area contributed by atoms with E-state index in [1.54, 1.807) is 6.26 Å². The zero-order valence-electron chi connectivity index (χ0n) is 14.7. The summed E-state index contributed by atoms with van der Waals surface area (Å²) < 4.78 is 11.3. The summed E-state index contributed by atoms with van der Waals surface area (Å²) in [5, 5.41) is 2.99. The maximum Gasteiger partial charge on any atom is 0.258 e. The molecule has 0 saturated carbocycles. The number of ether oxygens (including phenoxy) is 1. The van der Waals surface area contributed by atoms with Crippen LogP contribution in [0.15, 0.2) is 47.1 Å². The van der Waals surface area contributed by atoms with Crippen molar-refractivity contribution in [2.75, 3.05) is 26.2 Å². The number of aryl methyl sites for hydroxylation is 1. The molecule has 1 amide bonds. The third kappa shape index (κ3) is 4.63. The van der Waals surface area contributed by atoms with Gasteiger partial charge in [0.2, 0.25) is 0 Å². The van der Waals surface area contributed by atoms with Gasteiger partial charge in [0, 0.05) is 6.54 Å². The zero-order valence-corrected chi connectivity index (χ0v) is 14.7. The van der Waals surface area contributed by atoms with E-state index in [0.717, 1.165) is 36.6 Å². The van der Waals surface area contributed by atoms with Gasteiger partial charge in [0.15, 0.2) is 6.61 Å². The molecule has 5 heteroatoms. The summed E-state index contributed by atoms with van der Waals surface area (Å²) in [6.45, 7) is 4.72. The molecule has 0 spiro atoms. The number of rotatable bonds is 8. The van der Waals surface area contributed by atoms with Gasteiger partial charge in [0.05, 0.1) is 12.3 Å². The average molecular weight is 342 g/mol. The van der Waals surface area contributed by atoms with Crippen LogP contribution in [0.5, 0.6) is 5.75 Å². The number of hydrogen-bond donors (Lipinski definition) is 1. The topological polar surface area (TPSA) is 54.7 Å². The molecular weight excluding hydrogens is 316 g/mol. The van der Waals surface area contributed by atoms with E-state index in [1.807, 2.05) is 36.4 Å². The molecule has 1 aliphatic rings. The van der Waals surface area contributed by atoms with E-state index >= 15 is 0 Å². The van der Waals surface area contributed by atoms with Crippen LogP contribution in [0.1, 0.15) is 37.1 Å². The van der Waals surface area contributed by atoms with Crippen LogP contribution < -0.4 is 10.1 Å². The number of furan rings is 1. The first-order chi connectivity index (χ1) is 12.3. The van der Waals surface area contributed by atoms with Crippen LogP contribution in [0.3, 0.4) is 0 Å². The minimum atomic E-state index is -0.110. The van der Waals surface area contributed by atoms with Gasteiger partial charge in [0.1, 0.15) is 11.5 Å². The highest BCUT2D eigenvalue weighted by Gasteiger charge is 2.25. The second-order valence-electron chi connectivity index (χ2n) is 6.33. The Morgan fingerprint density at radius 2 is 2.04 bits per heavy atom. The van der Waals surface area contributed by atoms with Gasteiger partial charge in [-0.3, -0.25) is 9.69 Å². The molecule has 1 aliphatic heterocycles. The lowest BCUT2D eigenvalue weighted by Crippen LogP contribution is -2.38. The monoisotopic (exact) mass is 342 g/mol. The number of hydrogen-bond acceptors (Lipinski definition) is 4. The van der Waals surface area contributed by atoms with Crippen LogP contribution in [-0.2, 0) is 11.2 Å². The highest BCUT2D eigenvalue weighted by Crippen LogP contribution is 2.25. The molecule has 2 aromatic rings. The van der Waals surface area contributed by atoms with Gasteiger partial charge in [0.25, 0.3) is 5.91 Å². The summed E-state index contributed by atoms with van der Waals surface area (Å²) in [6, 6.07) is 11.8. The van der Waals surface area contributed by atoms with Crippen molar-refractivity contribution in [2.24, 2.45) is 0 Å². The molecule has 2 heterocycles. The standard InChI is InChI=1S/C20H26N2O3/c1-2-16-8-3-4-9-18(16)25-15-20(23)21-14-17(19-10-7-13-24-19)22-11-5-6-12-22/h3-4,7-10,13,17H,2,5-6,11-12,14-15H2,1H3,(H,21,23). The molecule has 1 aromatic heterocycles. The SMILES string of the molecule is CCc1ccccc1OCC(=O)NCC(c1ccco1)N1CCCC1. The first-order valence-electron chi connectivity index (χ1n) is 9.02. The number of amides is 1. The molecule has 1 atom stereocenters. The Morgan fingerprint density at radius 1 is 1.24 bits per heavy atom. The summed E-state index contributed by atoms with van der Waals surface area (Å²) in [7, 11) is 0. The quantitative estimate of drug-likeness (QED) is 0.800. The molecule has 0 bridgehead atoms. The molecule has 25 heavy (non-hydrogen) atoms. The summed E-state index contributed by atoms with van der Waals surface area (Å²) in [6.07, 6.45) is 4.96. The van der Waals surface area contributed by atoms with Crippen molar-refractivity contribution >= 4 is 5.91 Å². The van der Waals surface area contributed by atoms with E-state index in [4.69, 9.17) is 9.15 Å². The van der Waals surface area contributed by atoms with E-state index in [1.165, 1.54) is 12.8 Å². The molecule has 1 unspecified atom stereocenters. The van der Waals surface area contributed by atoms with Crippen LogP contribution in [-0.4, -0.2) is 37.0 Å². The van der Waals surface area contributed by atoms with Gasteiger partial charge < -0.3 is 14.5 Å². The minimum absolute atomic E-state index is 0.0297. The lowest BCUT2D eigenvalue weighted by molar-refractivity contribution is -0.123. The number of nitrogens with one attached hydrogen (secondary N) is 1. The van der Waals surface area contributed by atoms with Crippen molar-refractivity contribution in [1.29, 1.82) is 0 Å². The van der Waals surface area contributed by atoms with E-state index in [9.17, 15) is 4.79 Å². The largest absolute Gasteiger partial charge is 0.483 e. The third-order valence-electron chi connectivity index (χ3n) is 4.66. The van der Waals surface area contributed by atoms with E-state index < -0.39 is 0 Å². The first-order valence-corrected chi connectivity index (χ1v) is 9.02. The Balaban J connectivity index is 1.53. The normalized spacial score (nSPS) is 15.9. The summed E-state index contributed by atoms with van der Waals surface area (Å²) in [5.41, 5.74) is 1.11. The molecule has 3 rings (SSSR count). The molecule has 0 aliphatic carbocycles. The average Bonchev–Trinajstić information content (AvgIpc) is 3.35. The van der Waals surface area contributed by atoms with Crippen LogP contribution >= 0.6 is 0 Å². The summed E-state index contributed by atoms with van der Waals surface area (Å²) in [4.78, 5) is 14.6. The first kappa shape index (κ1) is 17.5. The maximum atomic E-state index is 12.2. The van der Waals surface area contributed by atoms with Crippen molar-refractivity contribution in [3.63, 3.8) is 0 Å². The van der Waals surface area contributed by atoms with Gasteiger partial charge in [-0.1, -0.05) is 25.1 Å². The lowest BCUT2D eigenvalue weighted by atomic mass is 10.1. The van der Waals surface area contributed by atoms with Crippen LogP contribution in [0.2, 0.25) is 0 Å². The Bertz CT molecular complexity index is 663. The van der Waals surface area contributed by atoms with Gasteiger partial charge in [-0.25, -0.2) is 0 Å². The molecule has 5 nitrogen and oxygen atoms in total.